The first kappa shape index (κ1) is 31.0. The summed E-state index contributed by atoms with van der Waals surface area (Å²) in [6.45, 7) is 9.86. The van der Waals surface area contributed by atoms with Crippen molar-refractivity contribution in [2.24, 2.45) is 0 Å². The van der Waals surface area contributed by atoms with Crippen LogP contribution >= 0.6 is 0 Å². The number of carbonyl (C=O) groups is 2. The fourth-order valence-electron chi connectivity index (χ4n) is 4.94. The lowest BCUT2D eigenvalue weighted by molar-refractivity contribution is -0.148. The van der Waals surface area contributed by atoms with E-state index in [1.54, 1.807) is 22.8 Å². The lowest BCUT2D eigenvalue weighted by Crippen LogP contribution is -2.41. The quantitative estimate of drug-likeness (QED) is 0.279. The van der Waals surface area contributed by atoms with Crippen LogP contribution in [0, 0.1) is 0 Å². The lowest BCUT2D eigenvalue weighted by atomic mass is 10.00. The average molecular weight is 586 g/mol. The molecule has 1 N–H and O–H groups in total. The van der Waals surface area contributed by atoms with Crippen molar-refractivity contribution < 1.29 is 22.8 Å². The van der Waals surface area contributed by atoms with E-state index in [9.17, 15) is 22.8 Å². The van der Waals surface area contributed by atoms with Crippen LogP contribution in [0.15, 0.2) is 48.7 Å². The molecule has 1 aromatic carbocycles. The average Bonchev–Trinajstić information content (AvgIpc) is 3.40. The van der Waals surface area contributed by atoms with Crippen LogP contribution in [0.2, 0.25) is 0 Å². The normalized spacial score (nSPS) is 13.9. The highest BCUT2D eigenvalue weighted by Gasteiger charge is 2.29. The second kappa shape index (κ2) is 13.8. The molecule has 0 bridgehead atoms. The van der Waals surface area contributed by atoms with Gasteiger partial charge in [-0.25, -0.2) is 4.52 Å². The summed E-state index contributed by atoms with van der Waals surface area (Å²) in [5.41, 5.74) is 3.79. The lowest BCUT2D eigenvalue weighted by Gasteiger charge is -2.29. The number of nitrogens with zero attached hydrogens (tertiary/aromatic N) is 6. The number of alkyl halides is 3. The molecule has 0 spiro atoms. The Kier molecular flexibility index (Phi) is 10.2. The van der Waals surface area contributed by atoms with E-state index in [2.05, 4.69) is 41.1 Å². The zero-order valence-corrected chi connectivity index (χ0v) is 24.3. The Morgan fingerprint density at radius 2 is 1.81 bits per heavy atom. The first-order chi connectivity index (χ1) is 20.1. The van der Waals surface area contributed by atoms with Gasteiger partial charge >= 0.3 is 6.18 Å². The van der Waals surface area contributed by atoms with Gasteiger partial charge in [0.1, 0.15) is 0 Å². The van der Waals surface area contributed by atoms with Crippen molar-refractivity contribution in [3.05, 3.63) is 59.8 Å². The minimum Gasteiger partial charge on any atom is -0.339 e. The number of anilines is 2. The van der Waals surface area contributed by atoms with Crippen LogP contribution in [-0.2, 0) is 4.79 Å². The minimum absolute atomic E-state index is 0.00725. The third kappa shape index (κ3) is 7.87. The van der Waals surface area contributed by atoms with Crippen molar-refractivity contribution in [2.75, 3.05) is 44.7 Å². The van der Waals surface area contributed by atoms with Crippen LogP contribution in [-0.4, -0.2) is 86.7 Å². The predicted octanol–water partition coefficient (Wildman–Crippen LogP) is 5.58. The van der Waals surface area contributed by atoms with Crippen molar-refractivity contribution >= 4 is 34.7 Å². The molecule has 0 unspecified atom stereocenters. The number of fused-ring (bicyclic) bond motifs is 1. The number of hydrogen-bond donors (Lipinski definition) is 1. The fraction of sp³-hybridized carbons (Fsp3) is 0.467. The number of nitrogens with one attached hydrogen (secondary N) is 1. The Morgan fingerprint density at radius 1 is 1.07 bits per heavy atom. The van der Waals surface area contributed by atoms with Gasteiger partial charge in [-0.05, 0) is 67.9 Å². The molecule has 3 heterocycles. The largest absolute Gasteiger partial charge is 0.389 e. The van der Waals surface area contributed by atoms with Gasteiger partial charge in [0.2, 0.25) is 11.9 Å². The molecule has 226 valence electrons. The van der Waals surface area contributed by atoms with Gasteiger partial charge in [0.25, 0.3) is 5.91 Å². The molecule has 1 aliphatic rings. The molecular weight excluding hydrogens is 547 g/mol. The van der Waals surface area contributed by atoms with Crippen LogP contribution in [0.3, 0.4) is 0 Å². The third-order valence-electron chi connectivity index (χ3n) is 7.33. The molecule has 12 heteroatoms. The second-order valence-corrected chi connectivity index (χ2v) is 10.3. The monoisotopic (exact) mass is 585 g/mol. The van der Waals surface area contributed by atoms with Crippen molar-refractivity contribution in [2.45, 2.75) is 52.6 Å². The molecule has 42 heavy (non-hydrogen) atoms. The number of hydrogen-bond acceptors (Lipinski definition) is 6. The van der Waals surface area contributed by atoms with E-state index in [1.165, 1.54) is 4.90 Å². The van der Waals surface area contributed by atoms with Crippen LogP contribution in [0.5, 0.6) is 0 Å². The summed E-state index contributed by atoms with van der Waals surface area (Å²) in [6, 6.07) is 11.0. The summed E-state index contributed by atoms with van der Waals surface area (Å²) in [5.74, 6) is -0.118. The molecule has 0 radical (unpaired) electrons. The number of carbonyl (C=O) groups excluding carboxylic acids is 2. The van der Waals surface area contributed by atoms with E-state index in [0.29, 0.717) is 43.3 Å². The molecule has 2 amide bonds. The zero-order valence-electron chi connectivity index (χ0n) is 24.3. The highest BCUT2D eigenvalue weighted by molar-refractivity contribution is 5.94. The van der Waals surface area contributed by atoms with Crippen LogP contribution in [0.25, 0.3) is 11.2 Å². The van der Waals surface area contributed by atoms with Crippen molar-refractivity contribution in [1.29, 1.82) is 0 Å². The van der Waals surface area contributed by atoms with E-state index in [-0.39, 0.29) is 12.5 Å². The first-order valence-corrected chi connectivity index (χ1v) is 14.4. The highest BCUT2D eigenvalue weighted by atomic mass is 19.4. The molecule has 1 aliphatic heterocycles. The summed E-state index contributed by atoms with van der Waals surface area (Å²) in [4.78, 5) is 35.6. The molecule has 0 fully saturated rings. The minimum atomic E-state index is -4.35. The SMILES string of the molecule is CCCN(CN(CC)CC)C(=O)c1ccc(Nc2nc3c(C4=CCN(C(=O)CCC(F)(F)F)CC4)cccn3n2)cc1. The fourth-order valence-corrected chi connectivity index (χ4v) is 4.94. The van der Waals surface area contributed by atoms with E-state index in [1.807, 2.05) is 35.2 Å². The van der Waals surface area contributed by atoms with Crippen molar-refractivity contribution in [3.63, 3.8) is 0 Å². The summed E-state index contributed by atoms with van der Waals surface area (Å²) in [7, 11) is 0. The van der Waals surface area contributed by atoms with Gasteiger partial charge in [0.15, 0.2) is 5.65 Å². The maximum atomic E-state index is 13.2. The molecule has 0 saturated heterocycles. The topological polar surface area (TPSA) is 86.1 Å². The number of rotatable bonds is 12. The van der Waals surface area contributed by atoms with Gasteiger partial charge in [-0.1, -0.05) is 26.8 Å². The smallest absolute Gasteiger partial charge is 0.339 e. The number of amides is 2. The zero-order chi connectivity index (χ0) is 30.3. The van der Waals surface area contributed by atoms with E-state index >= 15 is 0 Å². The Morgan fingerprint density at radius 3 is 2.43 bits per heavy atom. The van der Waals surface area contributed by atoms with Gasteiger partial charge in [0, 0.05) is 49.1 Å². The Bertz CT molecular complexity index is 1400. The predicted molar refractivity (Wildman–Crippen MR) is 156 cm³/mol. The maximum absolute atomic E-state index is 13.2. The Balaban J connectivity index is 1.43. The second-order valence-electron chi connectivity index (χ2n) is 10.3. The van der Waals surface area contributed by atoms with Crippen LogP contribution in [0.4, 0.5) is 24.8 Å². The molecule has 2 aromatic heterocycles. The number of halogens is 3. The van der Waals surface area contributed by atoms with Gasteiger partial charge in [-0.3, -0.25) is 14.5 Å². The standard InChI is InChI=1S/C30H38F3N7O2/c1-4-17-39(21-37(5-2)6-3)28(42)23-9-11-24(12-10-23)34-29-35-27-25(8-7-18-40(27)36-29)22-14-19-38(20-15-22)26(41)13-16-30(31,32)33/h7-12,14,18H,4-6,13,15-17,19-21H2,1-3H3,(H,34,36). The van der Waals surface area contributed by atoms with Gasteiger partial charge in [-0.2, -0.15) is 18.2 Å². The Hall–Kier alpha value is -3.93. The molecule has 9 nitrogen and oxygen atoms in total. The molecule has 3 aromatic rings. The van der Waals surface area contributed by atoms with Gasteiger partial charge in [0.05, 0.1) is 13.1 Å². The highest BCUT2D eigenvalue weighted by Crippen LogP contribution is 2.28. The third-order valence-corrected chi connectivity index (χ3v) is 7.33. The summed E-state index contributed by atoms with van der Waals surface area (Å²) >= 11 is 0. The van der Waals surface area contributed by atoms with E-state index in [4.69, 9.17) is 0 Å². The Labute approximate surface area is 244 Å². The summed E-state index contributed by atoms with van der Waals surface area (Å²) in [5, 5.41) is 7.73. The van der Waals surface area contributed by atoms with Gasteiger partial charge < -0.3 is 15.1 Å². The molecule has 4 rings (SSSR count). The maximum Gasteiger partial charge on any atom is 0.389 e. The van der Waals surface area contributed by atoms with Crippen molar-refractivity contribution in [1.82, 2.24) is 29.3 Å². The number of benzene rings is 1. The van der Waals surface area contributed by atoms with Gasteiger partial charge in [-0.15, -0.1) is 5.10 Å². The summed E-state index contributed by atoms with van der Waals surface area (Å²) in [6.07, 6.45) is -0.959. The first-order valence-electron chi connectivity index (χ1n) is 14.4. The molecule has 0 aliphatic carbocycles. The number of pyridine rings is 1. The molecular formula is C30H38F3N7O2. The van der Waals surface area contributed by atoms with Crippen LogP contribution < -0.4 is 5.32 Å². The number of aromatic nitrogens is 3. The van der Waals surface area contributed by atoms with E-state index in [0.717, 1.165) is 36.3 Å². The van der Waals surface area contributed by atoms with E-state index < -0.39 is 24.9 Å². The van der Waals surface area contributed by atoms with Crippen LogP contribution in [0.1, 0.15) is 62.4 Å². The molecule has 0 saturated carbocycles. The van der Waals surface area contributed by atoms with Crippen molar-refractivity contribution in [3.8, 4) is 0 Å². The molecule has 0 atom stereocenters. The summed E-state index contributed by atoms with van der Waals surface area (Å²) < 4.78 is 39.2.